The van der Waals surface area contributed by atoms with Gasteiger partial charge in [-0.1, -0.05) is 55.0 Å². The van der Waals surface area contributed by atoms with Crippen LogP contribution in [0.15, 0.2) is 12.3 Å². The quantitative estimate of drug-likeness (QED) is 0.577. The number of carbonyl (C=O) groups is 1. The summed E-state index contributed by atoms with van der Waals surface area (Å²) in [5.41, 5.74) is 0.859. The van der Waals surface area contributed by atoms with Gasteiger partial charge in [0.05, 0.1) is 19.8 Å². The Bertz CT molecular complexity index is 793. The minimum absolute atomic E-state index is 0.169. The Morgan fingerprint density at radius 2 is 1.96 bits per heavy atom. The van der Waals surface area contributed by atoms with Crippen LogP contribution in [0.2, 0.25) is 29.3 Å². The van der Waals surface area contributed by atoms with Crippen LogP contribution in [-0.2, 0) is 0 Å². The van der Waals surface area contributed by atoms with E-state index in [9.17, 15) is 9.18 Å². The monoisotopic (exact) mass is 379 g/mol. The van der Waals surface area contributed by atoms with E-state index < -0.39 is 13.9 Å². The van der Waals surface area contributed by atoms with Crippen molar-refractivity contribution in [3.63, 3.8) is 0 Å². The van der Waals surface area contributed by atoms with E-state index in [1.54, 1.807) is 0 Å². The van der Waals surface area contributed by atoms with Crippen molar-refractivity contribution in [1.82, 2.24) is 15.3 Å². The molecule has 7 heteroatoms. The van der Waals surface area contributed by atoms with Crippen LogP contribution in [-0.4, -0.2) is 30.0 Å². The summed E-state index contributed by atoms with van der Waals surface area (Å²) in [4.78, 5) is 19.3. The second-order valence-corrected chi connectivity index (χ2v) is 13.0. The van der Waals surface area contributed by atoms with Crippen molar-refractivity contribution in [2.24, 2.45) is 0 Å². The zero-order valence-corrected chi connectivity index (χ0v) is 16.0. The molecule has 2 saturated heterocycles. The molecular weight excluding hydrogens is 357 g/mol. The van der Waals surface area contributed by atoms with Gasteiger partial charge in [0, 0.05) is 11.4 Å². The topological polar surface area (TPSA) is 57.8 Å². The molecule has 4 rings (SSSR count). The number of hydrogen-bond donors (Lipinski definition) is 2. The maximum atomic E-state index is 14.0. The molecule has 0 atom stereocenters. The summed E-state index contributed by atoms with van der Waals surface area (Å²) in [5.74, 6) is -0.754. The van der Waals surface area contributed by atoms with E-state index in [2.05, 4.69) is 15.3 Å². The van der Waals surface area contributed by atoms with Crippen LogP contribution in [0.4, 0.5) is 4.39 Å². The highest BCUT2D eigenvalue weighted by Gasteiger charge is 2.38. The van der Waals surface area contributed by atoms with Crippen LogP contribution in [0.25, 0.3) is 10.9 Å². The molecule has 4 nitrogen and oxygen atoms in total. The highest BCUT2D eigenvalue weighted by atomic mass is 35.5. The summed E-state index contributed by atoms with van der Waals surface area (Å²) in [6, 6.07) is 7.43. The minimum atomic E-state index is -1.01. The number of hydrogen-bond acceptors (Lipinski definition) is 2. The molecule has 2 fully saturated rings. The average Bonchev–Trinajstić information content (AvgIpc) is 3.06. The van der Waals surface area contributed by atoms with Crippen LogP contribution >= 0.6 is 11.6 Å². The van der Waals surface area contributed by atoms with E-state index in [1.165, 1.54) is 55.7 Å². The first kappa shape index (κ1) is 17.0. The molecule has 2 aliphatic heterocycles. The highest BCUT2D eigenvalue weighted by Crippen LogP contribution is 2.40. The highest BCUT2D eigenvalue weighted by molar-refractivity contribution is 6.80. The molecule has 2 aromatic rings. The van der Waals surface area contributed by atoms with Crippen LogP contribution in [0.5, 0.6) is 0 Å². The van der Waals surface area contributed by atoms with Gasteiger partial charge in [-0.25, -0.2) is 9.37 Å². The summed E-state index contributed by atoms with van der Waals surface area (Å²) in [7, 11) is -1.01. The van der Waals surface area contributed by atoms with Crippen LogP contribution in [0, 0.1) is 5.82 Å². The standard InChI is InChI=1S/C18H23ClFN3OSi/c19-17-16(20)13-10-14(23-15(13)11-21-17)18(24)22-12-4-8-25(9-5-12)6-2-1-3-7-25/h10-12,23H,1-9H2,(H,22,24). The Morgan fingerprint density at radius 1 is 1.24 bits per heavy atom. The molecule has 0 aliphatic carbocycles. The van der Waals surface area contributed by atoms with Crippen LogP contribution in [0.1, 0.15) is 42.6 Å². The third-order valence-corrected chi connectivity index (χ3v) is 11.9. The van der Waals surface area contributed by atoms with Crippen molar-refractivity contribution in [3.05, 3.63) is 28.9 Å². The predicted octanol–water partition coefficient (Wildman–Crippen LogP) is 4.88. The zero-order chi connectivity index (χ0) is 17.4. The SMILES string of the molecule is O=C(NC1CC[Si]2(CCCCC2)CC1)c1cc2c(F)c(Cl)ncc2[nH]1. The summed E-state index contributed by atoms with van der Waals surface area (Å²) < 4.78 is 14.0. The Labute approximate surface area is 152 Å². The molecule has 2 aromatic heterocycles. The second-order valence-electron chi connectivity index (χ2n) is 7.68. The van der Waals surface area contributed by atoms with Crippen molar-refractivity contribution < 1.29 is 9.18 Å². The van der Waals surface area contributed by atoms with E-state index in [1.807, 2.05) is 0 Å². The molecule has 0 saturated carbocycles. The molecule has 0 aromatic carbocycles. The van der Waals surface area contributed by atoms with Gasteiger partial charge in [0.15, 0.2) is 11.0 Å². The largest absolute Gasteiger partial charge is 0.349 e. The third kappa shape index (κ3) is 3.34. The molecular formula is C18H23ClFN3OSi. The first-order chi connectivity index (χ1) is 12.1. The second kappa shape index (κ2) is 6.72. The lowest BCUT2D eigenvalue weighted by molar-refractivity contribution is 0.0929. The van der Waals surface area contributed by atoms with E-state index in [0.717, 1.165) is 12.8 Å². The van der Waals surface area contributed by atoms with Gasteiger partial charge in [0.1, 0.15) is 5.69 Å². The van der Waals surface area contributed by atoms with Gasteiger partial charge in [0.25, 0.3) is 5.91 Å². The number of fused-ring (bicyclic) bond motifs is 1. The summed E-state index contributed by atoms with van der Waals surface area (Å²) in [5, 5.41) is 3.26. The minimum Gasteiger partial charge on any atom is -0.349 e. The molecule has 25 heavy (non-hydrogen) atoms. The number of nitrogens with one attached hydrogen (secondary N) is 2. The van der Waals surface area contributed by atoms with Crippen LogP contribution in [0.3, 0.4) is 0 Å². The number of amides is 1. The van der Waals surface area contributed by atoms with Crippen molar-refractivity contribution in [2.45, 2.75) is 62.3 Å². The number of pyridine rings is 1. The number of H-pyrrole nitrogens is 1. The number of aromatic nitrogens is 2. The van der Waals surface area contributed by atoms with Gasteiger partial charge < -0.3 is 10.3 Å². The third-order valence-electron chi connectivity index (χ3n) is 6.11. The van der Waals surface area contributed by atoms with E-state index >= 15 is 0 Å². The molecule has 1 spiro atoms. The normalized spacial score (nSPS) is 20.9. The Hall–Kier alpha value is -1.40. The fourth-order valence-electron chi connectivity index (χ4n) is 4.60. The zero-order valence-electron chi connectivity index (χ0n) is 14.2. The van der Waals surface area contributed by atoms with Gasteiger partial charge in [-0.05, 0) is 18.9 Å². The summed E-state index contributed by atoms with van der Waals surface area (Å²) in [6.07, 6.45) is 7.89. The lowest BCUT2D eigenvalue weighted by Gasteiger charge is -2.41. The molecule has 1 amide bonds. The smallest absolute Gasteiger partial charge is 0.267 e. The summed E-state index contributed by atoms with van der Waals surface area (Å²) in [6.45, 7) is 0. The lowest BCUT2D eigenvalue weighted by atomic mass is 10.1. The predicted molar refractivity (Wildman–Crippen MR) is 100 cm³/mol. The molecule has 2 N–H and O–H groups in total. The Kier molecular flexibility index (Phi) is 4.58. The van der Waals surface area contributed by atoms with Gasteiger partial charge in [-0.2, -0.15) is 0 Å². The lowest BCUT2D eigenvalue weighted by Crippen LogP contribution is -2.46. The number of nitrogens with zero attached hydrogens (tertiary/aromatic N) is 1. The van der Waals surface area contributed by atoms with Gasteiger partial charge in [-0.3, -0.25) is 4.79 Å². The van der Waals surface area contributed by atoms with Crippen molar-refractivity contribution in [3.8, 4) is 0 Å². The first-order valence-electron chi connectivity index (χ1n) is 9.20. The molecule has 0 unspecified atom stereocenters. The Morgan fingerprint density at radius 3 is 2.68 bits per heavy atom. The molecule has 2 aliphatic rings. The molecule has 0 bridgehead atoms. The molecule has 4 heterocycles. The van der Waals surface area contributed by atoms with Crippen molar-refractivity contribution >= 4 is 36.5 Å². The maximum absolute atomic E-state index is 14.0. The fraction of sp³-hybridized carbons (Fsp3) is 0.556. The molecule has 134 valence electrons. The van der Waals surface area contributed by atoms with E-state index in [4.69, 9.17) is 11.6 Å². The summed E-state index contributed by atoms with van der Waals surface area (Å²) >= 11 is 5.71. The number of halogens is 2. The number of rotatable bonds is 2. The number of carbonyl (C=O) groups excluding carboxylic acids is 1. The van der Waals surface area contributed by atoms with E-state index in [0.29, 0.717) is 16.6 Å². The van der Waals surface area contributed by atoms with Crippen molar-refractivity contribution in [1.29, 1.82) is 0 Å². The number of aromatic amines is 1. The van der Waals surface area contributed by atoms with Gasteiger partial charge in [0.2, 0.25) is 0 Å². The van der Waals surface area contributed by atoms with Crippen molar-refractivity contribution in [2.75, 3.05) is 0 Å². The average molecular weight is 380 g/mol. The fourth-order valence-corrected chi connectivity index (χ4v) is 10.2. The molecule has 0 radical (unpaired) electrons. The first-order valence-corrected chi connectivity index (χ1v) is 12.4. The Balaban J connectivity index is 1.42. The van der Waals surface area contributed by atoms with Gasteiger partial charge >= 0.3 is 0 Å². The van der Waals surface area contributed by atoms with Crippen LogP contribution < -0.4 is 5.32 Å². The maximum Gasteiger partial charge on any atom is 0.267 e. The van der Waals surface area contributed by atoms with E-state index in [-0.39, 0.29) is 17.1 Å². The van der Waals surface area contributed by atoms with Gasteiger partial charge in [-0.15, -0.1) is 0 Å².